The lowest BCUT2D eigenvalue weighted by Crippen LogP contribution is -2.34. The maximum absolute atomic E-state index is 5.26. The van der Waals surface area contributed by atoms with E-state index in [2.05, 4.69) is 199 Å². The van der Waals surface area contributed by atoms with Crippen LogP contribution in [0.4, 0.5) is 22.7 Å². The molecule has 0 saturated carbocycles. The van der Waals surface area contributed by atoms with Crippen molar-refractivity contribution in [1.82, 2.24) is 9.88 Å². The number of fused-ring (bicyclic) bond motifs is 5. The van der Waals surface area contributed by atoms with Gasteiger partial charge in [-0.25, -0.2) is 0 Å². The van der Waals surface area contributed by atoms with Crippen LogP contribution in [-0.2, 0) is 16.2 Å². The van der Waals surface area contributed by atoms with Crippen LogP contribution in [0, 0.1) is 11.3 Å². The van der Waals surface area contributed by atoms with Crippen LogP contribution in [0.2, 0.25) is 0 Å². The summed E-state index contributed by atoms with van der Waals surface area (Å²) in [6.07, 6.45) is 12.5. The Hall–Kier alpha value is -5.35. The third-order valence-corrected chi connectivity index (χ3v) is 12.8. The number of benzene rings is 4. The van der Waals surface area contributed by atoms with Crippen molar-refractivity contribution in [3.63, 3.8) is 0 Å². The molecule has 9 rings (SSSR count). The Morgan fingerprint density at radius 3 is 2.18 bits per heavy atom. The van der Waals surface area contributed by atoms with Gasteiger partial charge in [-0.2, -0.15) is 0 Å². The van der Waals surface area contributed by atoms with Crippen LogP contribution in [0.1, 0.15) is 101 Å². The van der Waals surface area contributed by atoms with E-state index in [1.54, 1.807) is 0 Å². The quantitative estimate of drug-likeness (QED) is 0.184. The minimum absolute atomic E-state index is 0.0217. The molecule has 0 amide bonds. The number of allylic oxidation sites excluding steroid dienone is 4. The normalized spacial score (nSPS) is 21.1. The molecule has 55 heavy (non-hydrogen) atoms. The zero-order valence-electron chi connectivity index (χ0n) is 34.0. The molecule has 0 radical (unpaired) electrons. The molecule has 4 heteroatoms. The van der Waals surface area contributed by atoms with Gasteiger partial charge >= 0.3 is 0 Å². The number of para-hydroxylation sites is 1. The highest BCUT2D eigenvalue weighted by Crippen LogP contribution is 2.61. The van der Waals surface area contributed by atoms with Crippen LogP contribution >= 0.6 is 0 Å². The third-order valence-electron chi connectivity index (χ3n) is 12.8. The number of pyridine rings is 1. The molecule has 1 aromatic heterocycles. The first-order valence-corrected chi connectivity index (χ1v) is 20.0. The van der Waals surface area contributed by atoms with Gasteiger partial charge in [0.05, 0.1) is 29.2 Å². The Morgan fingerprint density at radius 2 is 1.45 bits per heavy atom. The Balaban J connectivity index is 1.32. The summed E-state index contributed by atoms with van der Waals surface area (Å²) in [6, 6.07) is 39.1. The molecule has 0 spiro atoms. The number of hydrogen-bond donors (Lipinski definition) is 0. The lowest BCUT2D eigenvalue weighted by atomic mass is 9.65. The Labute approximate surface area is 328 Å². The van der Waals surface area contributed by atoms with Crippen molar-refractivity contribution in [2.24, 2.45) is 11.3 Å². The van der Waals surface area contributed by atoms with Gasteiger partial charge in [-0.1, -0.05) is 128 Å². The SMILES string of the molecule is CN1C=CN(c2cccc(N3c4ccccc4C(C)(C)c4ccc(C5(c6ccccn6)C6=CCC(C(C)(C)C)C=C6c6cc(C(C)(C)C)ccc65)cc43)c2)C1. The van der Waals surface area contributed by atoms with Crippen molar-refractivity contribution in [1.29, 1.82) is 0 Å². The second-order valence-corrected chi connectivity index (χ2v) is 18.8. The molecule has 3 heterocycles. The van der Waals surface area contributed by atoms with Crippen molar-refractivity contribution in [3.8, 4) is 0 Å². The fourth-order valence-corrected chi connectivity index (χ4v) is 9.67. The van der Waals surface area contributed by atoms with E-state index in [9.17, 15) is 0 Å². The van der Waals surface area contributed by atoms with Crippen molar-refractivity contribution < 1.29 is 0 Å². The van der Waals surface area contributed by atoms with E-state index < -0.39 is 5.41 Å². The Morgan fingerprint density at radius 1 is 0.709 bits per heavy atom. The smallest absolute Gasteiger partial charge is 0.0938 e. The van der Waals surface area contributed by atoms with E-state index >= 15 is 0 Å². The summed E-state index contributed by atoms with van der Waals surface area (Å²) in [5.74, 6) is 0.436. The number of aromatic nitrogens is 1. The van der Waals surface area contributed by atoms with Gasteiger partial charge in [-0.15, -0.1) is 0 Å². The molecule has 4 aliphatic rings. The maximum atomic E-state index is 5.26. The van der Waals surface area contributed by atoms with Crippen molar-refractivity contribution in [3.05, 3.63) is 179 Å². The topological polar surface area (TPSA) is 22.6 Å². The van der Waals surface area contributed by atoms with E-state index in [1.807, 2.05) is 12.3 Å². The van der Waals surface area contributed by atoms with E-state index in [0.29, 0.717) is 5.92 Å². The van der Waals surface area contributed by atoms with Crippen molar-refractivity contribution in [2.75, 3.05) is 23.5 Å². The van der Waals surface area contributed by atoms with Gasteiger partial charge in [0, 0.05) is 42.4 Å². The number of nitrogens with zero attached hydrogens (tertiary/aromatic N) is 4. The molecule has 0 N–H and O–H groups in total. The highest BCUT2D eigenvalue weighted by Gasteiger charge is 2.51. The first-order chi connectivity index (χ1) is 26.2. The van der Waals surface area contributed by atoms with E-state index in [0.717, 1.165) is 24.5 Å². The zero-order valence-corrected chi connectivity index (χ0v) is 34.0. The third kappa shape index (κ3) is 5.43. The maximum Gasteiger partial charge on any atom is 0.0938 e. The molecule has 2 aliphatic carbocycles. The lowest BCUT2D eigenvalue weighted by Gasteiger charge is -2.43. The fraction of sp³-hybridized carbons (Fsp3) is 0.314. The molecular weight excluding hydrogens is 669 g/mol. The number of hydrogen-bond acceptors (Lipinski definition) is 4. The average molecular weight is 723 g/mol. The average Bonchev–Trinajstić information content (AvgIpc) is 3.73. The van der Waals surface area contributed by atoms with Gasteiger partial charge < -0.3 is 14.7 Å². The van der Waals surface area contributed by atoms with Gasteiger partial charge in [0.2, 0.25) is 0 Å². The first kappa shape index (κ1) is 35.4. The zero-order chi connectivity index (χ0) is 38.5. The molecule has 0 saturated heterocycles. The molecule has 2 aliphatic heterocycles. The van der Waals surface area contributed by atoms with Crippen LogP contribution in [0.3, 0.4) is 0 Å². The summed E-state index contributed by atoms with van der Waals surface area (Å²) >= 11 is 0. The summed E-state index contributed by atoms with van der Waals surface area (Å²) in [7, 11) is 2.12. The minimum Gasteiger partial charge on any atom is -0.361 e. The largest absolute Gasteiger partial charge is 0.361 e. The highest BCUT2D eigenvalue weighted by atomic mass is 15.3. The van der Waals surface area contributed by atoms with Crippen LogP contribution in [0.5, 0.6) is 0 Å². The van der Waals surface area contributed by atoms with Crippen molar-refractivity contribution >= 4 is 28.3 Å². The van der Waals surface area contributed by atoms with E-state index in [-0.39, 0.29) is 16.2 Å². The molecular formula is C51H54N4. The second kappa shape index (κ2) is 12.3. The Bertz CT molecular complexity index is 2420. The number of rotatable bonds is 4. The van der Waals surface area contributed by atoms with Crippen LogP contribution < -0.4 is 9.80 Å². The molecule has 4 aromatic carbocycles. The molecule has 278 valence electrons. The molecule has 2 atom stereocenters. The van der Waals surface area contributed by atoms with E-state index in [1.165, 1.54) is 61.6 Å². The van der Waals surface area contributed by atoms with Gasteiger partial charge in [-0.3, -0.25) is 4.98 Å². The summed E-state index contributed by atoms with van der Waals surface area (Å²) in [4.78, 5) is 12.3. The minimum atomic E-state index is -0.587. The molecule has 5 aromatic rings. The van der Waals surface area contributed by atoms with Gasteiger partial charge in [0.25, 0.3) is 0 Å². The summed E-state index contributed by atoms with van der Waals surface area (Å²) in [5.41, 5.74) is 15.9. The predicted octanol–water partition coefficient (Wildman–Crippen LogP) is 12.4. The predicted molar refractivity (Wildman–Crippen MR) is 230 cm³/mol. The summed E-state index contributed by atoms with van der Waals surface area (Å²) in [5, 5.41) is 0. The van der Waals surface area contributed by atoms with Gasteiger partial charge in [0.15, 0.2) is 0 Å². The molecule has 0 fully saturated rings. The van der Waals surface area contributed by atoms with Crippen LogP contribution in [0.25, 0.3) is 5.57 Å². The lowest BCUT2D eigenvalue weighted by molar-refractivity contribution is 0.293. The van der Waals surface area contributed by atoms with Crippen LogP contribution in [0.15, 0.2) is 139 Å². The van der Waals surface area contributed by atoms with Gasteiger partial charge in [-0.05, 0) is 110 Å². The number of anilines is 4. The van der Waals surface area contributed by atoms with Crippen molar-refractivity contribution in [2.45, 2.75) is 78.1 Å². The molecule has 0 bridgehead atoms. The summed E-state index contributed by atoms with van der Waals surface area (Å²) in [6.45, 7) is 19.7. The first-order valence-electron chi connectivity index (χ1n) is 20.0. The van der Waals surface area contributed by atoms with Gasteiger partial charge in [0.1, 0.15) is 0 Å². The fourth-order valence-electron chi connectivity index (χ4n) is 9.67. The molecule has 2 unspecified atom stereocenters. The monoisotopic (exact) mass is 722 g/mol. The molecule has 4 nitrogen and oxygen atoms in total. The standard InChI is InChI=1S/C51H54N4/c1-48(2,3)34-20-23-41-39(29-34)40-30-35(49(4,5)6)21-24-42(40)51(41,47-19-12-13-26-52-47)36-22-25-44-46(31-36)55(45-18-11-10-17-43(45)50(44,7)8)38-16-14-15-37(32-38)54-28-27-53(9)33-54/h10-20,22-32,35H,21,33H2,1-9H3. The van der Waals surface area contributed by atoms with Crippen LogP contribution in [-0.4, -0.2) is 23.6 Å². The summed E-state index contributed by atoms with van der Waals surface area (Å²) < 4.78 is 0. The Kier molecular flexibility index (Phi) is 7.93. The van der Waals surface area contributed by atoms with E-state index in [4.69, 9.17) is 4.98 Å². The highest BCUT2D eigenvalue weighted by molar-refractivity contribution is 5.96. The second-order valence-electron chi connectivity index (χ2n) is 18.8.